The largest absolute Gasteiger partial charge is 0.508 e. The zero-order chi connectivity index (χ0) is 28.0. The quantitative estimate of drug-likeness (QED) is 0.270. The maximum atomic E-state index is 11.4. The van der Waals surface area contributed by atoms with Gasteiger partial charge in [0.25, 0.3) is 0 Å². The van der Waals surface area contributed by atoms with Gasteiger partial charge in [-0.25, -0.2) is 0 Å². The maximum absolute atomic E-state index is 11.4. The number of phenols is 3. The van der Waals surface area contributed by atoms with Crippen LogP contribution in [0.5, 0.6) is 17.2 Å². The van der Waals surface area contributed by atoms with Crippen molar-refractivity contribution < 1.29 is 34.8 Å². The summed E-state index contributed by atoms with van der Waals surface area (Å²) in [7, 11) is 0. The summed E-state index contributed by atoms with van der Waals surface area (Å²) < 4.78 is 0. The molecule has 3 aromatic rings. The molecule has 37 heavy (non-hydrogen) atoms. The molecule has 4 N–H and O–H groups in total. The maximum Gasteiger partial charge on any atom is 0.193 e. The molecule has 0 aliphatic carbocycles. The van der Waals surface area contributed by atoms with Crippen molar-refractivity contribution in [3.05, 3.63) is 89.5 Å². The summed E-state index contributed by atoms with van der Waals surface area (Å²) in [6.07, 6.45) is 2.91. The summed E-state index contributed by atoms with van der Waals surface area (Å²) in [5, 5.41) is 36.5. The van der Waals surface area contributed by atoms with E-state index in [9.17, 15) is 24.6 Å². The molecule has 0 heterocycles. The molecule has 7 nitrogen and oxygen atoms in total. The highest BCUT2D eigenvalue weighted by Gasteiger charge is 2.24. The topological polar surface area (TPSA) is 132 Å². The number of carbonyl (C=O) groups excluding carboxylic acids is 3. The number of hydrogen-bond acceptors (Lipinski definition) is 7. The Morgan fingerprint density at radius 2 is 1.30 bits per heavy atom. The van der Waals surface area contributed by atoms with Gasteiger partial charge in [-0.2, -0.15) is 0 Å². The molecule has 0 aliphatic rings. The minimum Gasteiger partial charge on any atom is -0.508 e. The van der Waals surface area contributed by atoms with Gasteiger partial charge < -0.3 is 20.4 Å². The van der Waals surface area contributed by atoms with Crippen molar-refractivity contribution in [1.29, 1.82) is 0 Å². The lowest BCUT2D eigenvalue weighted by Crippen LogP contribution is -2.30. The Bertz CT molecular complexity index is 1140. The van der Waals surface area contributed by atoms with Crippen molar-refractivity contribution in [1.82, 2.24) is 0 Å². The molecule has 0 saturated carbocycles. The zero-order valence-corrected chi connectivity index (χ0v) is 21.8. The number of ketones is 3. The van der Waals surface area contributed by atoms with Gasteiger partial charge in [-0.05, 0) is 56.7 Å². The first-order valence-corrected chi connectivity index (χ1v) is 12.1. The Balaban J connectivity index is 0.000000278. The first kappa shape index (κ1) is 31.1. The molecule has 0 aliphatic heterocycles. The zero-order valence-electron chi connectivity index (χ0n) is 21.8. The smallest absolute Gasteiger partial charge is 0.193 e. The monoisotopic (exact) mass is 508 g/mol. The molecule has 7 heteroatoms. The summed E-state index contributed by atoms with van der Waals surface area (Å²) in [6, 6.07) is 19.1. The Morgan fingerprint density at radius 1 is 0.730 bits per heavy atom. The molecular formula is C30H36O7. The molecule has 0 aromatic heterocycles. The minimum absolute atomic E-state index is 0.0415. The molecule has 0 radical (unpaired) electrons. The van der Waals surface area contributed by atoms with Crippen molar-refractivity contribution in [2.24, 2.45) is 0 Å². The van der Waals surface area contributed by atoms with Crippen molar-refractivity contribution in [2.75, 3.05) is 0 Å². The third-order valence-electron chi connectivity index (χ3n) is 5.14. The van der Waals surface area contributed by atoms with Crippen LogP contribution in [0.25, 0.3) is 0 Å². The fourth-order valence-electron chi connectivity index (χ4n) is 3.02. The lowest BCUT2D eigenvalue weighted by atomic mass is 9.97. The summed E-state index contributed by atoms with van der Waals surface area (Å²) in [6.45, 7) is 6.75. The Hall–Kier alpha value is -3.97. The minimum atomic E-state index is -1.28. The number of aliphatic hydroxyl groups is 1. The molecule has 3 aromatic carbocycles. The predicted octanol–water partition coefficient (Wildman–Crippen LogP) is 6.10. The van der Waals surface area contributed by atoms with Crippen LogP contribution in [-0.2, 0) is 0 Å². The van der Waals surface area contributed by atoms with E-state index in [1.807, 2.05) is 6.07 Å². The molecule has 0 spiro atoms. The average Bonchev–Trinajstić information content (AvgIpc) is 2.87. The first-order chi connectivity index (χ1) is 17.4. The van der Waals surface area contributed by atoms with Crippen molar-refractivity contribution >= 4 is 17.3 Å². The molecule has 3 rings (SSSR count). The molecule has 0 saturated heterocycles. The van der Waals surface area contributed by atoms with E-state index in [1.54, 1.807) is 55.5 Å². The van der Waals surface area contributed by atoms with E-state index in [0.29, 0.717) is 24.0 Å². The number of aromatic hydroxyl groups is 3. The summed E-state index contributed by atoms with van der Waals surface area (Å²) in [5.74, 6) is -0.230. The van der Waals surface area contributed by atoms with Crippen LogP contribution in [0.2, 0.25) is 0 Å². The fraction of sp³-hybridized carbons (Fsp3) is 0.300. The molecule has 0 bridgehead atoms. The molecule has 198 valence electrons. The van der Waals surface area contributed by atoms with E-state index >= 15 is 0 Å². The lowest BCUT2D eigenvalue weighted by molar-refractivity contribution is 0.0488. The van der Waals surface area contributed by atoms with Crippen molar-refractivity contribution in [2.45, 2.75) is 59.0 Å². The number of phenolic OH excluding ortho intramolecular Hbond substituents is 3. The Kier molecular flexibility index (Phi) is 12.8. The van der Waals surface area contributed by atoms with Gasteiger partial charge in [0.1, 0.15) is 22.8 Å². The normalized spacial score (nSPS) is 10.3. The van der Waals surface area contributed by atoms with Crippen LogP contribution in [0.1, 0.15) is 84.5 Å². The molecule has 0 amide bonds. The Morgan fingerprint density at radius 3 is 1.78 bits per heavy atom. The second-order valence-corrected chi connectivity index (χ2v) is 8.81. The van der Waals surface area contributed by atoms with Crippen LogP contribution in [-0.4, -0.2) is 43.4 Å². The van der Waals surface area contributed by atoms with E-state index in [0.717, 1.165) is 18.9 Å². The van der Waals surface area contributed by atoms with E-state index in [2.05, 4.69) is 6.92 Å². The van der Waals surface area contributed by atoms with Gasteiger partial charge in [-0.1, -0.05) is 50.6 Å². The highest BCUT2D eigenvalue weighted by Crippen LogP contribution is 2.23. The second kappa shape index (κ2) is 15.2. The van der Waals surface area contributed by atoms with Crippen LogP contribution >= 0.6 is 0 Å². The van der Waals surface area contributed by atoms with E-state index < -0.39 is 5.60 Å². The number of benzene rings is 3. The van der Waals surface area contributed by atoms with Crippen LogP contribution in [0, 0.1) is 0 Å². The van der Waals surface area contributed by atoms with Crippen molar-refractivity contribution in [3.8, 4) is 17.2 Å². The average molecular weight is 509 g/mol. The van der Waals surface area contributed by atoms with E-state index in [-0.39, 0.29) is 40.2 Å². The van der Waals surface area contributed by atoms with Crippen molar-refractivity contribution in [3.63, 3.8) is 0 Å². The van der Waals surface area contributed by atoms with Gasteiger partial charge in [-0.15, -0.1) is 0 Å². The number of Topliss-reactive ketones (excluding diaryl/α,β-unsaturated/α-hetero) is 3. The van der Waals surface area contributed by atoms with E-state index in [1.165, 1.54) is 26.0 Å². The Labute approximate surface area is 218 Å². The summed E-state index contributed by atoms with van der Waals surface area (Å²) in [4.78, 5) is 34.0. The molecule has 0 unspecified atom stereocenters. The van der Waals surface area contributed by atoms with E-state index in [4.69, 9.17) is 10.2 Å². The number of unbranched alkanes of at least 4 members (excludes halogenated alkanes) is 1. The number of hydrogen-bond donors (Lipinski definition) is 4. The van der Waals surface area contributed by atoms with Gasteiger partial charge in [0.2, 0.25) is 0 Å². The van der Waals surface area contributed by atoms with Crippen LogP contribution in [0.15, 0.2) is 72.8 Å². The highest BCUT2D eigenvalue weighted by atomic mass is 16.3. The van der Waals surface area contributed by atoms with Gasteiger partial charge in [0, 0.05) is 30.0 Å². The summed E-state index contributed by atoms with van der Waals surface area (Å²) >= 11 is 0. The third-order valence-corrected chi connectivity index (χ3v) is 5.14. The van der Waals surface area contributed by atoms with Crippen LogP contribution in [0.4, 0.5) is 0 Å². The van der Waals surface area contributed by atoms with Crippen LogP contribution < -0.4 is 0 Å². The second-order valence-electron chi connectivity index (χ2n) is 8.81. The number of rotatable bonds is 8. The third kappa shape index (κ3) is 11.1. The SMILES string of the molecule is CC(C)(O)C(=O)c1ccccc1.CCC(=O)c1ccc(O)cc1O.CCCCC(=O)c1ccc(O)cc1. The molecule has 0 fully saturated rings. The number of carbonyl (C=O) groups is 3. The predicted molar refractivity (Wildman–Crippen MR) is 143 cm³/mol. The highest BCUT2D eigenvalue weighted by molar-refractivity contribution is 6.01. The standard InChI is InChI=1S/C11H14O2.C10H12O2.C9H10O3/c1-2-3-4-11(13)9-5-7-10(12)8-6-9;1-10(2,12)9(11)8-6-4-3-5-7-8;1-2-8(11)7-4-3-6(10)5-9(7)12/h5-8,12H,2-4H2,1H3;3-7,12H,1-2H3;3-5,10,12H,2H2,1H3. The molecule has 0 atom stereocenters. The first-order valence-electron chi connectivity index (χ1n) is 12.1. The van der Waals surface area contributed by atoms with Gasteiger partial charge in [-0.3, -0.25) is 14.4 Å². The lowest BCUT2D eigenvalue weighted by Gasteiger charge is -2.14. The fourth-order valence-corrected chi connectivity index (χ4v) is 3.02. The summed E-state index contributed by atoms with van der Waals surface area (Å²) in [5.41, 5.74) is 0.216. The van der Waals surface area contributed by atoms with Gasteiger partial charge in [0.15, 0.2) is 17.3 Å². The molecular weight excluding hydrogens is 472 g/mol. The van der Waals surface area contributed by atoms with Gasteiger partial charge >= 0.3 is 0 Å². The van der Waals surface area contributed by atoms with Gasteiger partial charge in [0.05, 0.1) is 5.56 Å². The van der Waals surface area contributed by atoms with Crippen LogP contribution in [0.3, 0.4) is 0 Å².